The summed E-state index contributed by atoms with van der Waals surface area (Å²) in [5.74, 6) is -2.10. The van der Waals surface area contributed by atoms with Crippen molar-refractivity contribution in [2.45, 2.75) is 0 Å². The van der Waals surface area contributed by atoms with Crippen LogP contribution in [0.5, 0.6) is 5.75 Å². The van der Waals surface area contributed by atoms with E-state index in [1.807, 2.05) is 0 Å². The fourth-order valence-electron chi connectivity index (χ4n) is 2.46. The SMILES string of the molecule is O=C(Nc1ccc(F)c(Cl)c1)C1CN(C(=O)COc2ccccc2F)C1. The number of benzene rings is 2. The molecule has 2 aromatic rings. The first kappa shape index (κ1) is 18.1. The molecule has 0 atom stereocenters. The number of rotatable bonds is 5. The van der Waals surface area contributed by atoms with Crippen molar-refractivity contribution in [2.75, 3.05) is 25.0 Å². The average molecular weight is 381 g/mol. The van der Waals surface area contributed by atoms with Crippen LogP contribution in [0.4, 0.5) is 14.5 Å². The van der Waals surface area contributed by atoms with Gasteiger partial charge in [-0.2, -0.15) is 0 Å². The summed E-state index contributed by atoms with van der Waals surface area (Å²) >= 11 is 5.67. The summed E-state index contributed by atoms with van der Waals surface area (Å²) in [4.78, 5) is 25.6. The van der Waals surface area contributed by atoms with Gasteiger partial charge in [0.25, 0.3) is 5.91 Å². The predicted octanol–water partition coefficient (Wildman–Crippen LogP) is 3.09. The molecule has 0 radical (unpaired) electrons. The van der Waals surface area contributed by atoms with Crippen molar-refractivity contribution in [3.8, 4) is 5.75 Å². The number of nitrogens with one attached hydrogen (secondary N) is 1. The minimum absolute atomic E-state index is 0.00357. The predicted molar refractivity (Wildman–Crippen MR) is 92.0 cm³/mol. The van der Waals surface area contributed by atoms with Gasteiger partial charge in [-0.3, -0.25) is 9.59 Å². The molecule has 2 amide bonds. The average Bonchev–Trinajstić information content (AvgIpc) is 2.56. The number of likely N-dealkylation sites (tertiary alicyclic amines) is 1. The zero-order valence-corrected chi connectivity index (χ0v) is 14.3. The first-order valence-corrected chi connectivity index (χ1v) is 8.23. The molecule has 26 heavy (non-hydrogen) atoms. The van der Waals surface area contributed by atoms with Crippen LogP contribution in [0.3, 0.4) is 0 Å². The Morgan fingerprint density at radius 2 is 1.88 bits per heavy atom. The largest absolute Gasteiger partial charge is 0.481 e. The smallest absolute Gasteiger partial charge is 0.260 e. The highest BCUT2D eigenvalue weighted by Crippen LogP contribution is 2.22. The molecule has 0 aromatic heterocycles. The molecule has 3 rings (SSSR count). The first-order valence-electron chi connectivity index (χ1n) is 7.85. The summed E-state index contributed by atoms with van der Waals surface area (Å²) in [6.07, 6.45) is 0. The molecule has 8 heteroatoms. The standard InChI is InChI=1S/C18H15ClF2N2O3/c19-13-7-12(5-6-14(13)20)22-18(25)11-8-23(9-11)17(24)10-26-16-4-2-1-3-15(16)21/h1-7,11H,8-10H2,(H,22,25). The Morgan fingerprint density at radius 1 is 1.15 bits per heavy atom. The number of hydrogen-bond acceptors (Lipinski definition) is 3. The molecule has 1 fully saturated rings. The third-order valence-electron chi connectivity index (χ3n) is 3.98. The van der Waals surface area contributed by atoms with E-state index >= 15 is 0 Å². The summed E-state index contributed by atoms with van der Waals surface area (Å²) in [5, 5.41) is 2.54. The normalized spacial score (nSPS) is 13.9. The lowest BCUT2D eigenvalue weighted by molar-refractivity contribution is -0.143. The Bertz CT molecular complexity index is 841. The van der Waals surface area contributed by atoms with E-state index in [1.165, 1.54) is 35.2 Å². The van der Waals surface area contributed by atoms with Crippen molar-refractivity contribution in [3.63, 3.8) is 0 Å². The number of carbonyl (C=O) groups excluding carboxylic acids is 2. The molecule has 1 aliphatic rings. The van der Waals surface area contributed by atoms with Gasteiger partial charge in [-0.25, -0.2) is 8.78 Å². The van der Waals surface area contributed by atoms with E-state index in [0.29, 0.717) is 5.69 Å². The molecule has 0 bridgehead atoms. The Labute approximate surface area is 153 Å². The van der Waals surface area contributed by atoms with Crippen molar-refractivity contribution in [2.24, 2.45) is 5.92 Å². The fourth-order valence-corrected chi connectivity index (χ4v) is 2.64. The summed E-state index contributed by atoms with van der Waals surface area (Å²) in [6, 6.07) is 9.69. The fraction of sp³-hybridized carbons (Fsp3) is 0.222. The van der Waals surface area contributed by atoms with Gasteiger partial charge < -0.3 is 15.0 Å². The highest BCUT2D eigenvalue weighted by Gasteiger charge is 2.35. The molecule has 0 unspecified atom stereocenters. The molecule has 1 saturated heterocycles. The molecule has 5 nitrogen and oxygen atoms in total. The maximum absolute atomic E-state index is 13.4. The van der Waals surface area contributed by atoms with Gasteiger partial charge in [-0.05, 0) is 30.3 Å². The van der Waals surface area contributed by atoms with E-state index in [4.69, 9.17) is 16.3 Å². The number of carbonyl (C=O) groups is 2. The molecule has 0 spiro atoms. The van der Waals surface area contributed by atoms with Gasteiger partial charge in [-0.1, -0.05) is 23.7 Å². The second-order valence-electron chi connectivity index (χ2n) is 5.83. The molecule has 0 saturated carbocycles. The van der Waals surface area contributed by atoms with E-state index in [-0.39, 0.29) is 48.2 Å². The van der Waals surface area contributed by atoms with Crippen LogP contribution in [0.15, 0.2) is 42.5 Å². The van der Waals surface area contributed by atoms with Gasteiger partial charge >= 0.3 is 0 Å². The lowest BCUT2D eigenvalue weighted by Gasteiger charge is -2.38. The second-order valence-corrected chi connectivity index (χ2v) is 6.24. The van der Waals surface area contributed by atoms with Crippen molar-refractivity contribution >= 4 is 29.1 Å². The van der Waals surface area contributed by atoms with E-state index < -0.39 is 11.6 Å². The van der Waals surface area contributed by atoms with Gasteiger partial charge in [0.15, 0.2) is 18.2 Å². The highest BCUT2D eigenvalue weighted by atomic mass is 35.5. The Hall–Kier alpha value is -2.67. The molecule has 1 aliphatic heterocycles. The Kier molecular flexibility index (Phi) is 5.37. The van der Waals surface area contributed by atoms with Gasteiger partial charge in [0, 0.05) is 18.8 Å². The van der Waals surface area contributed by atoms with Gasteiger partial charge in [-0.15, -0.1) is 0 Å². The topological polar surface area (TPSA) is 58.6 Å². The molecule has 0 aliphatic carbocycles. The maximum Gasteiger partial charge on any atom is 0.260 e. The summed E-state index contributed by atoms with van der Waals surface area (Å²) in [6.45, 7) is 0.170. The lowest BCUT2D eigenvalue weighted by atomic mass is 9.99. The number of anilines is 1. The van der Waals surface area contributed by atoms with Crippen molar-refractivity contribution in [3.05, 3.63) is 59.1 Å². The maximum atomic E-state index is 13.4. The van der Waals surface area contributed by atoms with Crippen molar-refractivity contribution in [1.29, 1.82) is 0 Å². The number of halogens is 3. The number of para-hydroxylation sites is 1. The first-order chi connectivity index (χ1) is 12.4. The van der Waals surface area contributed by atoms with Crippen molar-refractivity contribution in [1.82, 2.24) is 4.90 Å². The van der Waals surface area contributed by atoms with E-state index in [2.05, 4.69) is 5.32 Å². The number of amides is 2. The summed E-state index contributed by atoms with van der Waals surface area (Å²) < 4.78 is 31.7. The van der Waals surface area contributed by atoms with E-state index in [9.17, 15) is 18.4 Å². The minimum atomic E-state index is -0.570. The molecular weight excluding hydrogens is 366 g/mol. The van der Waals surface area contributed by atoms with Gasteiger partial charge in [0.05, 0.1) is 10.9 Å². The van der Waals surface area contributed by atoms with Crippen LogP contribution in [0, 0.1) is 17.6 Å². The van der Waals surface area contributed by atoms with E-state index in [0.717, 1.165) is 6.07 Å². The van der Waals surface area contributed by atoms with Crippen LogP contribution in [-0.2, 0) is 9.59 Å². The van der Waals surface area contributed by atoms with Gasteiger partial charge in [0.1, 0.15) is 5.82 Å². The van der Waals surface area contributed by atoms with Crippen LogP contribution in [0.25, 0.3) is 0 Å². The summed E-state index contributed by atoms with van der Waals surface area (Å²) in [5.41, 5.74) is 0.383. The van der Waals surface area contributed by atoms with E-state index in [1.54, 1.807) is 6.07 Å². The monoisotopic (exact) mass is 380 g/mol. The molecule has 2 aromatic carbocycles. The summed E-state index contributed by atoms with van der Waals surface area (Å²) in [7, 11) is 0. The molecule has 136 valence electrons. The van der Waals surface area contributed by atoms with Crippen molar-refractivity contribution < 1.29 is 23.1 Å². The van der Waals surface area contributed by atoms with Crippen LogP contribution >= 0.6 is 11.6 Å². The third-order valence-corrected chi connectivity index (χ3v) is 4.27. The van der Waals surface area contributed by atoms with Crippen LogP contribution in [0.1, 0.15) is 0 Å². The molecule has 1 heterocycles. The lowest BCUT2D eigenvalue weighted by Crippen LogP contribution is -2.55. The minimum Gasteiger partial charge on any atom is -0.481 e. The third kappa shape index (κ3) is 4.11. The molecular formula is C18H15ClF2N2O3. The number of hydrogen-bond donors (Lipinski definition) is 1. The van der Waals surface area contributed by atoms with Crippen LogP contribution in [-0.4, -0.2) is 36.4 Å². The Morgan fingerprint density at radius 3 is 2.58 bits per heavy atom. The zero-order chi connectivity index (χ0) is 18.7. The zero-order valence-electron chi connectivity index (χ0n) is 13.5. The highest BCUT2D eigenvalue weighted by molar-refractivity contribution is 6.31. The number of nitrogens with zero attached hydrogens (tertiary/aromatic N) is 1. The number of ether oxygens (including phenoxy) is 1. The van der Waals surface area contributed by atoms with Gasteiger partial charge in [0.2, 0.25) is 5.91 Å². The quantitative estimate of drug-likeness (QED) is 0.867. The second kappa shape index (κ2) is 7.70. The molecule has 1 N–H and O–H groups in total. The van der Waals surface area contributed by atoms with Crippen LogP contribution in [0.2, 0.25) is 5.02 Å². The Balaban J connectivity index is 1.45. The van der Waals surface area contributed by atoms with Crippen LogP contribution < -0.4 is 10.1 Å².